The van der Waals surface area contributed by atoms with Crippen LogP contribution in [0.15, 0.2) is 66.7 Å². The number of rotatable bonds is 23. The zero-order valence-electron chi connectivity index (χ0n) is 25.5. The van der Waals surface area contributed by atoms with Gasteiger partial charge in [0.25, 0.3) is 0 Å². The van der Waals surface area contributed by atoms with Gasteiger partial charge in [-0.15, -0.1) is 5.06 Å². The molecule has 5 heteroatoms. The Morgan fingerprint density at radius 2 is 1.00 bits per heavy atom. The number of nitrogens with zero attached hydrogens (tertiary/aromatic N) is 2. The molecule has 5 nitrogen and oxygen atoms in total. The summed E-state index contributed by atoms with van der Waals surface area (Å²) in [5, 5.41) is 23.2. The summed E-state index contributed by atoms with van der Waals surface area (Å²) in [6.45, 7) is 3.97. The van der Waals surface area contributed by atoms with Crippen molar-refractivity contribution in [2.75, 3.05) is 0 Å². The Morgan fingerprint density at radius 1 is 0.585 bits per heavy atom. The summed E-state index contributed by atoms with van der Waals surface area (Å²) in [5.41, 5.74) is 2.22. The van der Waals surface area contributed by atoms with Crippen LogP contribution in [0.4, 0.5) is 0 Å². The first-order chi connectivity index (χ1) is 20.2. The van der Waals surface area contributed by atoms with Gasteiger partial charge in [0.05, 0.1) is 13.1 Å². The highest BCUT2D eigenvalue weighted by Gasteiger charge is 2.19. The van der Waals surface area contributed by atoms with Crippen LogP contribution in [0.3, 0.4) is 0 Å². The smallest absolute Gasteiger partial charge is 0.240 e. The number of hydroxylamine groups is 2. The van der Waals surface area contributed by atoms with E-state index in [9.17, 15) is 10.2 Å². The lowest BCUT2D eigenvalue weighted by Crippen LogP contribution is -2.26. The second kappa shape index (κ2) is 20.0. The molecule has 2 N–H and O–H groups in total. The van der Waals surface area contributed by atoms with Gasteiger partial charge < -0.3 is 15.1 Å². The summed E-state index contributed by atoms with van der Waals surface area (Å²) < 4.78 is 1.56. The van der Waals surface area contributed by atoms with Crippen LogP contribution in [-0.2, 0) is 19.6 Å². The zero-order valence-corrected chi connectivity index (χ0v) is 25.5. The molecule has 0 aliphatic carbocycles. The van der Waals surface area contributed by atoms with Crippen molar-refractivity contribution in [3.63, 3.8) is 0 Å². The molecule has 0 spiro atoms. The van der Waals surface area contributed by atoms with Crippen molar-refractivity contribution >= 4 is 0 Å². The Bertz CT molecular complexity index is 1010. The molecule has 41 heavy (non-hydrogen) atoms. The quantitative estimate of drug-likeness (QED) is 0.0891. The summed E-state index contributed by atoms with van der Waals surface area (Å²) in [7, 11) is 0. The molecule has 0 atom stereocenters. The first-order valence-electron chi connectivity index (χ1n) is 16.3. The maximum atomic E-state index is 10.9. The van der Waals surface area contributed by atoms with Crippen LogP contribution in [0.5, 0.6) is 17.5 Å². The van der Waals surface area contributed by atoms with E-state index in [1.165, 1.54) is 96.0 Å². The molecule has 0 aliphatic heterocycles. The van der Waals surface area contributed by atoms with Crippen molar-refractivity contribution in [2.45, 2.75) is 129 Å². The second-order valence-electron chi connectivity index (χ2n) is 11.5. The molecule has 226 valence electrons. The first-order valence-corrected chi connectivity index (χ1v) is 16.3. The van der Waals surface area contributed by atoms with E-state index in [0.717, 1.165) is 24.0 Å². The Labute approximate surface area is 249 Å². The van der Waals surface area contributed by atoms with Crippen molar-refractivity contribution in [2.24, 2.45) is 0 Å². The molecule has 0 saturated heterocycles. The number of benzene rings is 2. The molecule has 1 aromatic heterocycles. The molecule has 0 amide bonds. The molecule has 2 aromatic carbocycles. The third-order valence-corrected chi connectivity index (χ3v) is 7.88. The number of hydrogen-bond donors (Lipinski definition) is 2. The van der Waals surface area contributed by atoms with Gasteiger partial charge in [-0.25, -0.2) is 0 Å². The molecule has 0 bridgehead atoms. The highest BCUT2D eigenvalue weighted by Crippen LogP contribution is 2.36. The summed E-state index contributed by atoms with van der Waals surface area (Å²) in [6, 6.07) is 21.8. The molecule has 3 rings (SSSR count). The highest BCUT2D eigenvalue weighted by molar-refractivity contribution is 5.41. The summed E-state index contributed by atoms with van der Waals surface area (Å²) in [5.74, 6) is 0.304. The van der Waals surface area contributed by atoms with E-state index in [0.29, 0.717) is 19.6 Å². The summed E-state index contributed by atoms with van der Waals surface area (Å²) >= 11 is 0. The lowest BCUT2D eigenvalue weighted by Gasteiger charge is -2.22. The second-order valence-corrected chi connectivity index (χ2v) is 11.5. The van der Waals surface area contributed by atoms with E-state index < -0.39 is 0 Å². The van der Waals surface area contributed by atoms with E-state index in [-0.39, 0.29) is 17.5 Å². The van der Waals surface area contributed by atoms with Crippen LogP contribution in [-0.4, -0.2) is 19.8 Å². The highest BCUT2D eigenvalue weighted by atomic mass is 16.7. The van der Waals surface area contributed by atoms with E-state index in [1.54, 1.807) is 4.57 Å². The number of hydrogen-bond acceptors (Lipinski definition) is 4. The normalized spacial score (nSPS) is 11.4. The summed E-state index contributed by atoms with van der Waals surface area (Å²) in [6.07, 6.45) is 21.1. The minimum atomic E-state index is -0.0189. The number of unbranched alkanes of at least 4 members (excludes halogenated alkanes) is 15. The van der Waals surface area contributed by atoms with Crippen LogP contribution in [0.25, 0.3) is 0 Å². The maximum absolute atomic E-state index is 10.9. The predicted octanol–water partition coefficient (Wildman–Crippen LogP) is 10.2. The average molecular weight is 563 g/mol. The molecule has 0 aliphatic rings. The van der Waals surface area contributed by atoms with Gasteiger partial charge in [0, 0.05) is 12.6 Å². The summed E-state index contributed by atoms with van der Waals surface area (Å²) in [4.78, 5) is 6.15. The number of aromatic nitrogens is 1. The van der Waals surface area contributed by atoms with Crippen LogP contribution in [0.2, 0.25) is 0 Å². The van der Waals surface area contributed by atoms with Gasteiger partial charge in [0.15, 0.2) is 5.88 Å². The molecule has 3 aromatic rings. The standard InChI is InChI=1S/C36H54N2O3/c1-2-3-4-5-6-7-8-9-10-11-12-13-14-15-16-23-28-38-35(39)29-34(36(38)40)41-37(30-32-24-19-17-20-25-32)31-33-26-21-18-22-27-33/h17-22,24-27,29,39-40H,2-16,23,28,30-31H2,1H3. The monoisotopic (exact) mass is 562 g/mol. The molecular formula is C36H54N2O3. The van der Waals surface area contributed by atoms with E-state index >= 15 is 0 Å². The van der Waals surface area contributed by atoms with E-state index in [1.807, 2.05) is 41.5 Å². The fourth-order valence-electron chi connectivity index (χ4n) is 5.44. The van der Waals surface area contributed by atoms with Gasteiger partial charge >= 0.3 is 0 Å². The molecular weight excluding hydrogens is 508 g/mol. The lowest BCUT2D eigenvalue weighted by molar-refractivity contribution is -0.0775. The fourth-order valence-corrected chi connectivity index (χ4v) is 5.44. The van der Waals surface area contributed by atoms with Crippen LogP contribution in [0, 0.1) is 0 Å². The predicted molar refractivity (Wildman–Crippen MR) is 170 cm³/mol. The maximum Gasteiger partial charge on any atom is 0.240 e. The van der Waals surface area contributed by atoms with Gasteiger partial charge in [-0.2, -0.15) is 0 Å². The van der Waals surface area contributed by atoms with Crippen molar-refractivity contribution in [3.05, 3.63) is 77.9 Å². The average Bonchev–Trinajstić information content (AvgIpc) is 3.25. The largest absolute Gasteiger partial charge is 0.494 e. The fraction of sp³-hybridized carbons (Fsp3) is 0.556. The first kappa shape index (κ1) is 32.6. The minimum Gasteiger partial charge on any atom is -0.494 e. The van der Waals surface area contributed by atoms with Crippen LogP contribution in [0.1, 0.15) is 121 Å². The Morgan fingerprint density at radius 3 is 1.44 bits per heavy atom. The molecule has 0 radical (unpaired) electrons. The van der Waals surface area contributed by atoms with E-state index in [4.69, 9.17) is 4.84 Å². The topological polar surface area (TPSA) is 57.9 Å². The number of aromatic hydroxyl groups is 2. The van der Waals surface area contributed by atoms with Crippen LogP contribution < -0.4 is 4.84 Å². The molecule has 0 fully saturated rings. The van der Waals surface area contributed by atoms with Crippen molar-refractivity contribution in [3.8, 4) is 17.5 Å². The third kappa shape index (κ3) is 13.1. The van der Waals surface area contributed by atoms with Crippen molar-refractivity contribution in [1.82, 2.24) is 9.63 Å². The molecule has 1 heterocycles. The third-order valence-electron chi connectivity index (χ3n) is 7.88. The minimum absolute atomic E-state index is 0.0189. The Hall–Kier alpha value is -2.92. The zero-order chi connectivity index (χ0) is 29.0. The van der Waals surface area contributed by atoms with Gasteiger partial charge in [-0.1, -0.05) is 164 Å². The Kier molecular flexibility index (Phi) is 15.9. The van der Waals surface area contributed by atoms with Gasteiger partial charge in [0.2, 0.25) is 11.6 Å². The van der Waals surface area contributed by atoms with Gasteiger partial charge in [-0.05, 0) is 17.5 Å². The van der Waals surface area contributed by atoms with Crippen molar-refractivity contribution < 1.29 is 15.1 Å². The van der Waals surface area contributed by atoms with Gasteiger partial charge in [0.1, 0.15) is 0 Å². The molecule has 0 unspecified atom stereocenters. The van der Waals surface area contributed by atoms with Gasteiger partial charge in [-0.3, -0.25) is 4.57 Å². The Balaban J connectivity index is 1.32. The van der Waals surface area contributed by atoms with Crippen LogP contribution >= 0.6 is 0 Å². The van der Waals surface area contributed by atoms with E-state index in [2.05, 4.69) is 31.2 Å². The van der Waals surface area contributed by atoms with Crippen molar-refractivity contribution in [1.29, 1.82) is 0 Å². The SMILES string of the molecule is CCCCCCCCCCCCCCCCCCn1c(O)cc(ON(Cc2ccccc2)Cc2ccccc2)c1O. The molecule has 0 saturated carbocycles. The lowest BCUT2D eigenvalue weighted by atomic mass is 10.0.